The summed E-state index contributed by atoms with van der Waals surface area (Å²) in [6, 6.07) is 15.4. The van der Waals surface area contributed by atoms with E-state index in [0.29, 0.717) is 0 Å². The van der Waals surface area contributed by atoms with Gasteiger partial charge in [0.05, 0.1) is 0 Å². The monoisotopic (exact) mass is 274 g/mol. The van der Waals surface area contributed by atoms with Crippen molar-refractivity contribution >= 4 is 30.4 Å². The Hall–Kier alpha value is -0.910. The molecular weight excluding hydrogens is 255 g/mol. The Labute approximate surface area is 115 Å². The highest BCUT2D eigenvalue weighted by Gasteiger charge is 2.10. The molecule has 0 amide bonds. The minimum atomic E-state index is -0.0885. The van der Waals surface area contributed by atoms with Gasteiger partial charge in [0.1, 0.15) is 0 Å². The topological polar surface area (TPSA) is 0 Å². The molecule has 0 aromatic heterocycles. The maximum Gasteiger partial charge on any atom is 0.00645 e. The van der Waals surface area contributed by atoms with Gasteiger partial charge in [-0.3, -0.25) is 0 Å². The molecule has 0 nitrogen and oxygen atoms in total. The highest BCUT2D eigenvalue weighted by Crippen LogP contribution is 2.34. The molecule has 0 aliphatic heterocycles. The number of rotatable bonds is 3. The predicted molar refractivity (Wildman–Crippen MR) is 89.4 cm³/mol. The fraction of sp³-hybridized carbons (Fsp3) is 0.188. The van der Waals surface area contributed by atoms with Crippen molar-refractivity contribution in [1.29, 1.82) is 0 Å². The zero-order valence-corrected chi connectivity index (χ0v) is 12.9. The second-order valence-electron chi connectivity index (χ2n) is 4.59. The third-order valence-electron chi connectivity index (χ3n) is 3.00. The van der Waals surface area contributed by atoms with E-state index in [2.05, 4.69) is 68.6 Å². The van der Waals surface area contributed by atoms with Gasteiger partial charge in [-0.05, 0) is 42.8 Å². The molecule has 18 heavy (non-hydrogen) atoms. The summed E-state index contributed by atoms with van der Waals surface area (Å²) in [7, 11) is -0.0885. The molecule has 0 saturated heterocycles. The van der Waals surface area contributed by atoms with Gasteiger partial charge in [-0.25, -0.2) is 0 Å². The maximum atomic E-state index is 4.04. The number of hydrogen-bond acceptors (Lipinski definition) is 0. The lowest BCUT2D eigenvalue weighted by atomic mass is 10.0. The average molecular weight is 274 g/mol. The van der Waals surface area contributed by atoms with E-state index in [1.807, 2.05) is 0 Å². The normalized spacial score (nSPS) is 10.9. The van der Waals surface area contributed by atoms with Crippen molar-refractivity contribution < 1.29 is 0 Å². The Morgan fingerprint density at radius 3 is 2.39 bits per heavy atom. The summed E-state index contributed by atoms with van der Waals surface area (Å²) in [6.45, 7) is 6.75. The van der Waals surface area contributed by atoms with Crippen molar-refractivity contribution in [3.05, 3.63) is 48.0 Å². The van der Waals surface area contributed by atoms with Crippen molar-refractivity contribution in [3.8, 4) is 11.1 Å². The Balaban J connectivity index is 2.65. The van der Waals surface area contributed by atoms with E-state index in [1.165, 1.54) is 26.9 Å². The lowest BCUT2D eigenvalue weighted by molar-refractivity contribution is 1.37. The molecule has 0 fully saturated rings. The summed E-state index contributed by atoms with van der Waals surface area (Å²) in [5.41, 5.74) is 4.02. The Kier molecular flexibility index (Phi) is 4.37. The Bertz CT molecular complexity index is 573. The summed E-state index contributed by atoms with van der Waals surface area (Å²) in [5, 5.41) is 1.47. The van der Waals surface area contributed by atoms with Crippen LogP contribution in [-0.4, -0.2) is 19.2 Å². The molecule has 0 saturated carbocycles. The van der Waals surface area contributed by atoms with Gasteiger partial charge in [-0.1, -0.05) is 55.8 Å². The van der Waals surface area contributed by atoms with Crippen LogP contribution < -0.4 is 5.30 Å². The molecule has 0 unspecified atom stereocenters. The molecule has 0 spiro atoms. The highest BCUT2D eigenvalue weighted by atomic mass is 32.1. The third kappa shape index (κ3) is 2.74. The molecule has 2 aromatic carbocycles. The summed E-state index contributed by atoms with van der Waals surface area (Å²) in [4.78, 5) is 1.32. The van der Waals surface area contributed by atoms with Crippen molar-refractivity contribution in [2.75, 3.05) is 13.3 Å². The fourth-order valence-electron chi connectivity index (χ4n) is 2.09. The first kappa shape index (κ1) is 13.5. The molecule has 2 heteroatoms. The molecule has 0 aliphatic rings. The number of benzene rings is 2. The summed E-state index contributed by atoms with van der Waals surface area (Å²) in [6.07, 6.45) is 0. The molecule has 0 radical (unpaired) electrons. The number of thiol groups is 1. The van der Waals surface area contributed by atoms with Crippen LogP contribution in [0.5, 0.6) is 0 Å². The molecule has 0 heterocycles. The van der Waals surface area contributed by atoms with Gasteiger partial charge in [0, 0.05) is 4.90 Å². The van der Waals surface area contributed by atoms with Crippen LogP contribution in [0, 0.1) is 6.92 Å². The average Bonchev–Trinajstić information content (AvgIpc) is 2.38. The maximum absolute atomic E-state index is 4.04. The first-order valence-electron chi connectivity index (χ1n) is 5.97. The first-order chi connectivity index (χ1) is 8.63. The van der Waals surface area contributed by atoms with Gasteiger partial charge in [0.15, 0.2) is 0 Å². The molecular formula is C16H19PS. The van der Waals surface area contributed by atoms with Gasteiger partial charge in [0.2, 0.25) is 0 Å². The largest absolute Gasteiger partial charge is 0.176 e. The Morgan fingerprint density at radius 1 is 1.00 bits per heavy atom. The molecule has 2 rings (SSSR count). The molecule has 0 aliphatic carbocycles. The standard InChI is InChI=1S/C16H19PS/c1-12-9-10-14(16(11-12)18-4)13-7-5-6-8-15(13)17(2)3/h5-11,18H,4H2,1-3H3. The van der Waals surface area contributed by atoms with Crippen LogP contribution in [0.2, 0.25) is 0 Å². The third-order valence-corrected chi connectivity index (χ3v) is 5.06. The summed E-state index contributed by atoms with van der Waals surface area (Å²) >= 11 is 1.09. The van der Waals surface area contributed by atoms with Crippen LogP contribution >= 0.6 is 19.3 Å². The lowest BCUT2D eigenvalue weighted by Crippen LogP contribution is -2.03. The number of aryl methyl sites for hydroxylation is 1. The van der Waals surface area contributed by atoms with Gasteiger partial charge in [-0.2, -0.15) is 11.4 Å². The number of hydrogen-bond donors (Lipinski definition) is 1. The second-order valence-corrected chi connectivity index (χ2v) is 7.66. The van der Waals surface area contributed by atoms with Crippen LogP contribution in [0.1, 0.15) is 5.56 Å². The lowest BCUT2D eigenvalue weighted by Gasteiger charge is -2.15. The van der Waals surface area contributed by atoms with Gasteiger partial charge in [-0.15, -0.1) is 0 Å². The zero-order chi connectivity index (χ0) is 13.1. The smallest absolute Gasteiger partial charge is 0.00645 e. The zero-order valence-electron chi connectivity index (χ0n) is 11.1. The van der Waals surface area contributed by atoms with E-state index in [0.717, 1.165) is 11.4 Å². The van der Waals surface area contributed by atoms with Crippen LogP contribution in [-0.2, 0) is 0 Å². The molecule has 0 N–H and O–H groups in total. The van der Waals surface area contributed by atoms with Gasteiger partial charge < -0.3 is 0 Å². The predicted octanol–water partition coefficient (Wildman–Crippen LogP) is 4.29. The minimum Gasteiger partial charge on any atom is -0.176 e. The van der Waals surface area contributed by atoms with E-state index in [1.54, 1.807) is 0 Å². The van der Waals surface area contributed by atoms with Crippen LogP contribution in [0.25, 0.3) is 11.1 Å². The first-order valence-corrected chi connectivity index (χ1v) is 9.29. The summed E-state index contributed by atoms with van der Waals surface area (Å²) in [5.74, 6) is 4.04. The van der Waals surface area contributed by atoms with E-state index in [9.17, 15) is 0 Å². The molecule has 2 aromatic rings. The van der Waals surface area contributed by atoms with Crippen molar-refractivity contribution in [3.63, 3.8) is 0 Å². The van der Waals surface area contributed by atoms with Crippen molar-refractivity contribution in [2.45, 2.75) is 11.8 Å². The van der Waals surface area contributed by atoms with Crippen LogP contribution in [0.4, 0.5) is 0 Å². The Morgan fingerprint density at radius 2 is 1.72 bits per heavy atom. The van der Waals surface area contributed by atoms with Crippen LogP contribution in [0.15, 0.2) is 47.4 Å². The van der Waals surface area contributed by atoms with E-state index in [-0.39, 0.29) is 7.92 Å². The van der Waals surface area contributed by atoms with E-state index < -0.39 is 0 Å². The molecule has 94 valence electrons. The highest BCUT2D eigenvalue weighted by molar-refractivity contribution is 7.96. The summed E-state index contributed by atoms with van der Waals surface area (Å²) < 4.78 is 0. The van der Waals surface area contributed by atoms with E-state index in [4.69, 9.17) is 0 Å². The van der Waals surface area contributed by atoms with Crippen LogP contribution in [0.3, 0.4) is 0 Å². The second kappa shape index (κ2) is 5.82. The molecule has 0 bridgehead atoms. The van der Waals surface area contributed by atoms with E-state index >= 15 is 0 Å². The van der Waals surface area contributed by atoms with Crippen molar-refractivity contribution in [2.24, 2.45) is 0 Å². The minimum absolute atomic E-state index is 0.0885. The van der Waals surface area contributed by atoms with Gasteiger partial charge in [0.25, 0.3) is 0 Å². The van der Waals surface area contributed by atoms with Crippen molar-refractivity contribution in [1.82, 2.24) is 0 Å². The quantitative estimate of drug-likeness (QED) is 0.482. The SMILES string of the molecule is C=[SH]c1cc(C)ccc1-c1ccccc1P(C)C. The van der Waals surface area contributed by atoms with Gasteiger partial charge >= 0.3 is 0 Å². The fourth-order valence-corrected chi connectivity index (χ4v) is 3.81. The molecule has 0 atom stereocenters.